The average Bonchev–Trinajstić information content (AvgIpc) is 3.31. The zero-order valence-electron chi connectivity index (χ0n) is 15.9. The summed E-state index contributed by atoms with van der Waals surface area (Å²) in [6, 6.07) is 7.77. The Hall–Kier alpha value is -3.46. The van der Waals surface area contributed by atoms with E-state index in [4.69, 9.17) is 5.73 Å². The first-order valence-corrected chi connectivity index (χ1v) is 9.32. The summed E-state index contributed by atoms with van der Waals surface area (Å²) in [4.78, 5) is 30.8. The van der Waals surface area contributed by atoms with Crippen LogP contribution in [0.1, 0.15) is 35.1 Å². The number of rotatable bonds is 5. The number of pyridine rings is 1. The molecule has 0 saturated carbocycles. The van der Waals surface area contributed by atoms with E-state index in [2.05, 4.69) is 10.1 Å². The Labute approximate surface area is 166 Å². The quantitative estimate of drug-likeness (QED) is 0.600. The maximum absolute atomic E-state index is 12.3. The van der Waals surface area contributed by atoms with Crippen molar-refractivity contribution in [2.24, 2.45) is 5.73 Å². The molecule has 1 aliphatic heterocycles. The average molecular weight is 395 g/mol. The predicted octanol–water partition coefficient (Wildman–Crippen LogP) is 1.89. The Morgan fingerprint density at radius 1 is 1.17 bits per heavy atom. The molecule has 2 aromatic heterocycles. The number of benzene rings is 1. The Bertz CT molecular complexity index is 1100. The van der Waals surface area contributed by atoms with Crippen LogP contribution in [0.5, 0.6) is 5.75 Å². The molecule has 3 heterocycles. The lowest BCUT2D eigenvalue weighted by molar-refractivity contribution is -0.126. The van der Waals surface area contributed by atoms with Crippen molar-refractivity contribution in [3.63, 3.8) is 0 Å². The number of phenolic OH excluding ortho intramolecular Hbond substituents is 1. The van der Waals surface area contributed by atoms with Crippen LogP contribution in [0.2, 0.25) is 0 Å². The van der Waals surface area contributed by atoms with Crippen LogP contribution >= 0.6 is 0 Å². The molecule has 9 nitrogen and oxygen atoms in total. The van der Waals surface area contributed by atoms with Crippen molar-refractivity contribution in [1.29, 1.82) is 0 Å². The van der Waals surface area contributed by atoms with Crippen LogP contribution in [0.3, 0.4) is 0 Å². The minimum atomic E-state index is -1.11. The number of primary amides is 1. The van der Waals surface area contributed by atoms with Crippen molar-refractivity contribution in [3.8, 4) is 17.0 Å². The van der Waals surface area contributed by atoms with E-state index in [1.165, 1.54) is 22.9 Å². The van der Waals surface area contributed by atoms with Gasteiger partial charge in [0.05, 0.1) is 22.3 Å². The van der Waals surface area contributed by atoms with Gasteiger partial charge in [-0.2, -0.15) is 5.10 Å². The fraction of sp³-hybridized carbons (Fsp3) is 0.300. The summed E-state index contributed by atoms with van der Waals surface area (Å²) in [5.74, 6) is -1.58. The van der Waals surface area contributed by atoms with Gasteiger partial charge in [0.2, 0.25) is 0 Å². The molecule has 1 amide bonds. The number of phenols is 1. The zero-order valence-corrected chi connectivity index (χ0v) is 15.9. The Kier molecular flexibility index (Phi) is 4.67. The largest absolute Gasteiger partial charge is 0.508 e. The number of nitrogens with zero attached hydrogens (tertiary/aromatic N) is 4. The third kappa shape index (κ3) is 3.29. The van der Waals surface area contributed by atoms with E-state index in [1.54, 1.807) is 19.1 Å². The second-order valence-electron chi connectivity index (χ2n) is 7.15. The number of carboxylic acid groups (broad SMARTS) is 1. The standard InChI is InChI=1S/C20H21N5O4/c1-11-16-14(20(28)29)10-15(12-4-6-13(26)7-5-12)22-18(16)25(23-11)19(17(21)27)24-8-2-3-9-24/h4-7,10,19,26H,2-3,8-9H2,1H3,(H2,21,27)(H,28,29). The summed E-state index contributed by atoms with van der Waals surface area (Å²) >= 11 is 0. The van der Waals surface area contributed by atoms with Crippen LogP contribution < -0.4 is 5.73 Å². The first-order chi connectivity index (χ1) is 13.9. The van der Waals surface area contributed by atoms with Gasteiger partial charge in [-0.15, -0.1) is 0 Å². The molecule has 1 aliphatic rings. The number of aryl methyl sites for hydroxylation is 1. The molecule has 0 spiro atoms. The second kappa shape index (κ2) is 7.17. The van der Waals surface area contributed by atoms with Crippen molar-refractivity contribution in [2.75, 3.05) is 13.1 Å². The summed E-state index contributed by atoms with van der Waals surface area (Å²) in [6.45, 7) is 3.10. The normalized spacial score (nSPS) is 15.6. The van der Waals surface area contributed by atoms with Crippen LogP contribution in [0.25, 0.3) is 22.3 Å². The van der Waals surface area contributed by atoms with Gasteiger partial charge in [0.15, 0.2) is 11.8 Å². The Morgan fingerprint density at radius 3 is 2.41 bits per heavy atom. The van der Waals surface area contributed by atoms with Gasteiger partial charge in [-0.3, -0.25) is 9.69 Å². The molecule has 0 radical (unpaired) electrons. The topological polar surface area (TPSA) is 135 Å². The summed E-state index contributed by atoms with van der Waals surface area (Å²) < 4.78 is 1.44. The third-order valence-corrected chi connectivity index (χ3v) is 5.20. The molecule has 4 rings (SSSR count). The number of aromatic carboxylic acids is 1. The van der Waals surface area contributed by atoms with Crippen LogP contribution in [0.4, 0.5) is 0 Å². The molecule has 9 heteroatoms. The van der Waals surface area contributed by atoms with Crippen molar-refractivity contribution >= 4 is 22.9 Å². The molecule has 0 aliphatic carbocycles. The predicted molar refractivity (Wildman–Crippen MR) is 105 cm³/mol. The summed E-state index contributed by atoms with van der Waals surface area (Å²) in [5.41, 5.74) is 7.54. The van der Waals surface area contributed by atoms with E-state index >= 15 is 0 Å². The highest BCUT2D eigenvalue weighted by Crippen LogP contribution is 2.31. The molecule has 0 bridgehead atoms. The molecule has 150 valence electrons. The number of nitrogens with two attached hydrogens (primary N) is 1. The van der Waals surface area contributed by atoms with E-state index in [0.29, 0.717) is 41.1 Å². The molecular formula is C20H21N5O4. The molecule has 1 unspecified atom stereocenters. The highest BCUT2D eigenvalue weighted by atomic mass is 16.4. The molecular weight excluding hydrogens is 374 g/mol. The number of aromatic nitrogens is 3. The SMILES string of the molecule is Cc1nn(C(C(N)=O)N2CCCC2)c2nc(-c3ccc(O)cc3)cc(C(=O)O)c12. The maximum atomic E-state index is 12.3. The smallest absolute Gasteiger partial charge is 0.336 e. The third-order valence-electron chi connectivity index (χ3n) is 5.20. The minimum absolute atomic E-state index is 0.0477. The number of aromatic hydroxyl groups is 1. The molecule has 29 heavy (non-hydrogen) atoms. The zero-order chi connectivity index (χ0) is 20.7. The number of fused-ring (bicyclic) bond motifs is 1. The lowest BCUT2D eigenvalue weighted by Crippen LogP contribution is -2.40. The van der Waals surface area contributed by atoms with Gasteiger partial charge in [-0.05, 0) is 50.1 Å². The highest BCUT2D eigenvalue weighted by molar-refractivity contribution is 6.04. The molecule has 4 N–H and O–H groups in total. The van der Waals surface area contributed by atoms with Crippen LogP contribution in [0, 0.1) is 6.92 Å². The van der Waals surface area contributed by atoms with Crippen LogP contribution in [0.15, 0.2) is 30.3 Å². The van der Waals surface area contributed by atoms with Gasteiger partial charge in [-0.25, -0.2) is 14.5 Å². The van der Waals surface area contributed by atoms with E-state index < -0.39 is 18.0 Å². The highest BCUT2D eigenvalue weighted by Gasteiger charge is 2.32. The van der Waals surface area contributed by atoms with Crippen LogP contribution in [-0.4, -0.2) is 54.8 Å². The number of hydrogen-bond acceptors (Lipinski definition) is 6. The summed E-state index contributed by atoms with van der Waals surface area (Å²) in [6.07, 6.45) is 1.07. The molecule has 1 fully saturated rings. The second-order valence-corrected chi connectivity index (χ2v) is 7.15. The van der Waals surface area contributed by atoms with Crippen LogP contribution in [-0.2, 0) is 4.79 Å². The fourth-order valence-corrected chi connectivity index (χ4v) is 3.87. The van der Waals surface area contributed by atoms with Crippen molar-refractivity contribution < 1.29 is 19.8 Å². The fourth-order valence-electron chi connectivity index (χ4n) is 3.87. The molecule has 1 aromatic carbocycles. The summed E-state index contributed by atoms with van der Waals surface area (Å²) in [7, 11) is 0. The Morgan fingerprint density at radius 2 is 1.83 bits per heavy atom. The molecule has 1 atom stereocenters. The van der Waals surface area contributed by atoms with Crippen molar-refractivity contribution in [1.82, 2.24) is 19.7 Å². The number of carbonyl (C=O) groups is 2. The van der Waals surface area contributed by atoms with Crippen molar-refractivity contribution in [2.45, 2.75) is 25.9 Å². The van der Waals surface area contributed by atoms with Gasteiger partial charge in [0.1, 0.15) is 5.75 Å². The van der Waals surface area contributed by atoms with Gasteiger partial charge in [0, 0.05) is 18.7 Å². The number of carboxylic acids is 1. The minimum Gasteiger partial charge on any atom is -0.508 e. The maximum Gasteiger partial charge on any atom is 0.336 e. The van der Waals surface area contributed by atoms with Gasteiger partial charge >= 0.3 is 5.97 Å². The number of likely N-dealkylation sites (tertiary alicyclic amines) is 1. The van der Waals surface area contributed by atoms with E-state index in [1.807, 2.05) is 4.90 Å². The van der Waals surface area contributed by atoms with E-state index in [9.17, 15) is 19.8 Å². The number of hydrogen-bond donors (Lipinski definition) is 3. The lowest BCUT2D eigenvalue weighted by atomic mass is 10.1. The molecule has 3 aromatic rings. The van der Waals surface area contributed by atoms with Gasteiger partial charge in [-0.1, -0.05) is 0 Å². The van der Waals surface area contributed by atoms with E-state index in [-0.39, 0.29) is 11.3 Å². The number of amides is 1. The van der Waals surface area contributed by atoms with Gasteiger partial charge in [0.25, 0.3) is 5.91 Å². The van der Waals surface area contributed by atoms with Gasteiger partial charge < -0.3 is 15.9 Å². The summed E-state index contributed by atoms with van der Waals surface area (Å²) in [5, 5.41) is 24.2. The Balaban J connectivity index is 1.97. The first-order valence-electron chi connectivity index (χ1n) is 9.32. The number of carbonyl (C=O) groups excluding carboxylic acids is 1. The first kappa shape index (κ1) is 18.9. The monoisotopic (exact) mass is 395 g/mol. The van der Waals surface area contributed by atoms with Crippen molar-refractivity contribution in [3.05, 3.63) is 41.6 Å². The lowest BCUT2D eigenvalue weighted by Gasteiger charge is -2.25. The van der Waals surface area contributed by atoms with E-state index in [0.717, 1.165) is 12.8 Å². The molecule has 1 saturated heterocycles.